The molecule has 0 bridgehead atoms. The first-order chi connectivity index (χ1) is 10.6. The average Bonchev–Trinajstić information content (AvgIpc) is 2.54. The van der Waals surface area contributed by atoms with Gasteiger partial charge in [-0.2, -0.15) is 0 Å². The Labute approximate surface area is 130 Å². The third-order valence-electron chi connectivity index (χ3n) is 3.80. The first kappa shape index (κ1) is 16.3. The number of amides is 2. The molecule has 0 saturated carbocycles. The number of aliphatic carboxylic acids is 1. The average molecular weight is 306 g/mol. The summed E-state index contributed by atoms with van der Waals surface area (Å²) in [4.78, 5) is 26.5. The Bertz CT molecular complexity index is 506. The molecule has 0 aliphatic carbocycles. The summed E-state index contributed by atoms with van der Waals surface area (Å²) in [6, 6.07) is 9.48. The van der Waals surface area contributed by atoms with Gasteiger partial charge < -0.3 is 14.7 Å². The smallest absolute Gasteiger partial charge is 0.329 e. The second-order valence-electron chi connectivity index (χ2n) is 5.54. The van der Waals surface area contributed by atoms with E-state index in [1.165, 1.54) is 0 Å². The van der Waals surface area contributed by atoms with Gasteiger partial charge in [-0.05, 0) is 25.0 Å². The van der Waals surface area contributed by atoms with Gasteiger partial charge in [-0.1, -0.05) is 18.2 Å². The number of hydrogen-bond donors (Lipinski definition) is 1. The summed E-state index contributed by atoms with van der Waals surface area (Å²) < 4.78 is 5.16. The normalized spacial score (nSPS) is 18.0. The van der Waals surface area contributed by atoms with Crippen LogP contribution in [0, 0.1) is 5.92 Å². The molecule has 1 aliphatic heterocycles. The van der Waals surface area contributed by atoms with Crippen molar-refractivity contribution in [2.24, 2.45) is 5.92 Å². The third kappa shape index (κ3) is 4.46. The van der Waals surface area contributed by atoms with Crippen molar-refractivity contribution in [1.82, 2.24) is 4.90 Å². The van der Waals surface area contributed by atoms with Crippen LogP contribution in [0.15, 0.2) is 30.3 Å². The molecule has 1 fully saturated rings. The van der Waals surface area contributed by atoms with Crippen LogP contribution < -0.4 is 4.90 Å². The SMILES string of the molecule is CN(C(=O)N1CCCC(COCC(=O)O)C1)c1ccccc1. The van der Waals surface area contributed by atoms with Crippen LogP contribution in [-0.4, -0.2) is 55.4 Å². The first-order valence-corrected chi connectivity index (χ1v) is 7.45. The number of nitrogens with zero attached hydrogens (tertiary/aromatic N) is 2. The lowest BCUT2D eigenvalue weighted by Crippen LogP contribution is -2.47. The first-order valence-electron chi connectivity index (χ1n) is 7.45. The molecule has 1 N–H and O–H groups in total. The Morgan fingerprint density at radius 1 is 1.36 bits per heavy atom. The zero-order valence-electron chi connectivity index (χ0n) is 12.8. The van der Waals surface area contributed by atoms with E-state index in [0.717, 1.165) is 25.1 Å². The third-order valence-corrected chi connectivity index (χ3v) is 3.80. The zero-order chi connectivity index (χ0) is 15.9. The molecule has 0 radical (unpaired) electrons. The predicted molar refractivity (Wildman–Crippen MR) is 83.0 cm³/mol. The molecule has 22 heavy (non-hydrogen) atoms. The van der Waals surface area contributed by atoms with Gasteiger partial charge in [0, 0.05) is 31.7 Å². The van der Waals surface area contributed by atoms with Crippen LogP contribution in [0.3, 0.4) is 0 Å². The highest BCUT2D eigenvalue weighted by atomic mass is 16.5. The van der Waals surface area contributed by atoms with Gasteiger partial charge in [0.15, 0.2) is 0 Å². The lowest BCUT2D eigenvalue weighted by molar-refractivity contribution is -0.142. The molecule has 6 heteroatoms. The molecule has 0 aromatic heterocycles. The summed E-state index contributed by atoms with van der Waals surface area (Å²) >= 11 is 0. The fourth-order valence-corrected chi connectivity index (χ4v) is 2.66. The number of para-hydroxylation sites is 1. The Morgan fingerprint density at radius 2 is 2.09 bits per heavy atom. The lowest BCUT2D eigenvalue weighted by atomic mass is 9.99. The van der Waals surface area contributed by atoms with E-state index in [1.807, 2.05) is 35.2 Å². The molecule has 1 saturated heterocycles. The number of carbonyl (C=O) groups excluding carboxylic acids is 1. The van der Waals surface area contributed by atoms with Crippen LogP contribution in [-0.2, 0) is 9.53 Å². The van der Waals surface area contributed by atoms with Crippen LogP contribution >= 0.6 is 0 Å². The molecule has 1 aromatic rings. The minimum Gasteiger partial charge on any atom is -0.480 e. The Balaban J connectivity index is 1.88. The largest absolute Gasteiger partial charge is 0.480 e. The summed E-state index contributed by atoms with van der Waals surface area (Å²) in [6.07, 6.45) is 1.87. The number of piperidine rings is 1. The maximum absolute atomic E-state index is 12.5. The van der Waals surface area contributed by atoms with Gasteiger partial charge >= 0.3 is 12.0 Å². The number of ether oxygens (including phenoxy) is 1. The second-order valence-corrected chi connectivity index (χ2v) is 5.54. The van der Waals surface area contributed by atoms with Crippen molar-refractivity contribution in [2.75, 3.05) is 38.3 Å². The summed E-state index contributed by atoms with van der Waals surface area (Å²) in [7, 11) is 1.77. The Morgan fingerprint density at radius 3 is 2.77 bits per heavy atom. The van der Waals surface area contributed by atoms with Gasteiger partial charge in [0.05, 0.1) is 6.61 Å². The molecule has 1 atom stereocenters. The van der Waals surface area contributed by atoms with Crippen molar-refractivity contribution >= 4 is 17.7 Å². The van der Waals surface area contributed by atoms with Crippen molar-refractivity contribution in [3.05, 3.63) is 30.3 Å². The lowest BCUT2D eigenvalue weighted by Gasteiger charge is -2.35. The van der Waals surface area contributed by atoms with Gasteiger partial charge in [-0.15, -0.1) is 0 Å². The maximum atomic E-state index is 12.5. The van der Waals surface area contributed by atoms with E-state index in [-0.39, 0.29) is 18.6 Å². The number of carboxylic acids is 1. The van der Waals surface area contributed by atoms with Crippen LogP contribution in [0.4, 0.5) is 10.5 Å². The summed E-state index contributed by atoms with van der Waals surface area (Å²) in [6.45, 7) is 1.43. The van der Waals surface area contributed by atoms with Gasteiger partial charge in [-0.3, -0.25) is 4.90 Å². The summed E-state index contributed by atoms with van der Waals surface area (Å²) in [5, 5.41) is 8.59. The second kappa shape index (κ2) is 7.79. The summed E-state index contributed by atoms with van der Waals surface area (Å²) in [5.41, 5.74) is 0.858. The van der Waals surface area contributed by atoms with Gasteiger partial charge in [0.2, 0.25) is 0 Å². The van der Waals surface area contributed by atoms with Crippen LogP contribution in [0.1, 0.15) is 12.8 Å². The fourth-order valence-electron chi connectivity index (χ4n) is 2.66. The number of benzene rings is 1. The number of rotatable bonds is 5. The molecular formula is C16H22N2O4. The molecule has 2 amide bonds. The highest BCUT2D eigenvalue weighted by Crippen LogP contribution is 2.20. The molecule has 0 spiro atoms. The van der Waals surface area contributed by atoms with Crippen LogP contribution in [0.5, 0.6) is 0 Å². The van der Waals surface area contributed by atoms with E-state index in [4.69, 9.17) is 9.84 Å². The molecular weight excluding hydrogens is 284 g/mol. The van der Waals surface area contributed by atoms with Crippen molar-refractivity contribution in [2.45, 2.75) is 12.8 Å². The number of hydrogen-bond acceptors (Lipinski definition) is 3. The molecule has 6 nitrogen and oxygen atoms in total. The minimum atomic E-state index is -0.965. The summed E-state index contributed by atoms with van der Waals surface area (Å²) in [5.74, 6) is -0.770. The van der Waals surface area contributed by atoms with Gasteiger partial charge in [0.1, 0.15) is 6.61 Å². The maximum Gasteiger partial charge on any atom is 0.329 e. The number of likely N-dealkylation sites (tertiary alicyclic amines) is 1. The van der Waals surface area contributed by atoms with E-state index < -0.39 is 5.97 Å². The fraction of sp³-hybridized carbons (Fsp3) is 0.500. The van der Waals surface area contributed by atoms with Crippen molar-refractivity contribution in [3.63, 3.8) is 0 Å². The van der Waals surface area contributed by atoms with Crippen molar-refractivity contribution < 1.29 is 19.4 Å². The predicted octanol–water partition coefficient (Wildman–Crippen LogP) is 2.06. The van der Waals surface area contributed by atoms with E-state index in [1.54, 1.807) is 11.9 Å². The highest BCUT2D eigenvalue weighted by molar-refractivity contribution is 5.91. The van der Waals surface area contributed by atoms with E-state index in [9.17, 15) is 9.59 Å². The molecule has 120 valence electrons. The van der Waals surface area contributed by atoms with Crippen molar-refractivity contribution in [3.8, 4) is 0 Å². The number of carboxylic acid groups (broad SMARTS) is 1. The number of urea groups is 1. The van der Waals surface area contributed by atoms with E-state index in [2.05, 4.69) is 0 Å². The topological polar surface area (TPSA) is 70.1 Å². The molecule has 1 heterocycles. The minimum absolute atomic E-state index is 0.0332. The Kier molecular flexibility index (Phi) is 5.77. The Hall–Kier alpha value is -2.08. The van der Waals surface area contributed by atoms with Crippen LogP contribution in [0.25, 0.3) is 0 Å². The number of carbonyl (C=O) groups is 2. The van der Waals surface area contributed by atoms with E-state index >= 15 is 0 Å². The molecule has 1 unspecified atom stereocenters. The zero-order valence-corrected chi connectivity index (χ0v) is 12.8. The molecule has 1 aromatic carbocycles. The van der Waals surface area contributed by atoms with E-state index in [0.29, 0.717) is 13.2 Å². The van der Waals surface area contributed by atoms with Gasteiger partial charge in [-0.25, -0.2) is 9.59 Å². The monoisotopic (exact) mass is 306 g/mol. The van der Waals surface area contributed by atoms with Crippen LogP contribution in [0.2, 0.25) is 0 Å². The van der Waals surface area contributed by atoms with Crippen molar-refractivity contribution in [1.29, 1.82) is 0 Å². The number of anilines is 1. The molecule has 1 aliphatic rings. The quantitative estimate of drug-likeness (QED) is 0.904. The highest BCUT2D eigenvalue weighted by Gasteiger charge is 2.26. The molecule has 2 rings (SSSR count). The standard InChI is InChI=1S/C16H22N2O4/c1-17(14-7-3-2-4-8-14)16(21)18-9-5-6-13(10-18)11-22-12-15(19)20/h2-4,7-8,13H,5-6,9-12H2,1H3,(H,19,20). The van der Waals surface area contributed by atoms with Gasteiger partial charge in [0.25, 0.3) is 0 Å².